The van der Waals surface area contributed by atoms with Gasteiger partial charge in [-0.1, -0.05) is 102 Å². The molecule has 8 atom stereocenters. The van der Waals surface area contributed by atoms with Gasteiger partial charge in [-0.3, -0.25) is 19.2 Å². The number of allylic oxidation sites excluding steroid dienone is 1. The van der Waals surface area contributed by atoms with Crippen LogP contribution in [0.1, 0.15) is 62.7 Å². The summed E-state index contributed by atoms with van der Waals surface area (Å²) in [4.78, 5) is 60.2. The molecule has 0 aliphatic carbocycles. The van der Waals surface area contributed by atoms with Gasteiger partial charge in [-0.25, -0.2) is 0 Å². The third kappa shape index (κ3) is 6.12. The largest absolute Gasteiger partial charge is 0.463 e. The van der Waals surface area contributed by atoms with Crippen molar-refractivity contribution >= 4 is 39.6 Å². The summed E-state index contributed by atoms with van der Waals surface area (Å²) in [6.07, 6.45) is 6.82. The molecule has 4 heterocycles. The number of nitrogens with one attached hydrogen (secondary N) is 1. The van der Waals surface area contributed by atoms with Gasteiger partial charge in [0.05, 0.1) is 30.5 Å². The first-order chi connectivity index (χ1) is 23.2. The number of rotatable bonds is 7. The highest BCUT2D eigenvalue weighted by Gasteiger charge is 2.75. The molecule has 0 radical (unpaired) electrons. The molecule has 5 bridgehead atoms. The number of fused-ring (bicyclic) bond motifs is 2. The molecule has 0 saturated carbocycles. The van der Waals surface area contributed by atoms with Gasteiger partial charge in [0.1, 0.15) is 24.4 Å². The summed E-state index contributed by atoms with van der Waals surface area (Å²) in [6, 6.07) is 15.5. The van der Waals surface area contributed by atoms with Crippen molar-refractivity contribution in [3.8, 4) is 0 Å². The van der Waals surface area contributed by atoms with Gasteiger partial charge in [0.25, 0.3) is 0 Å². The Morgan fingerprint density at radius 3 is 2.42 bits per heavy atom. The Balaban J connectivity index is 1.49. The van der Waals surface area contributed by atoms with E-state index in [4.69, 9.17) is 9.47 Å². The highest BCUT2D eigenvalue weighted by molar-refractivity contribution is 9.11. The lowest BCUT2D eigenvalue weighted by Gasteiger charge is -2.40. The first-order valence-corrected chi connectivity index (χ1v) is 17.5. The molecule has 4 aliphatic rings. The number of esters is 1. The van der Waals surface area contributed by atoms with Crippen LogP contribution >= 0.6 is 15.9 Å². The number of aliphatic hydroxyl groups excluding tert-OH is 1. The smallest absolute Gasteiger partial charge is 0.306 e. The molecule has 254 valence electrons. The molecule has 6 rings (SSSR count). The second-order valence-corrected chi connectivity index (χ2v) is 13.9. The Labute approximate surface area is 289 Å². The van der Waals surface area contributed by atoms with E-state index in [1.807, 2.05) is 86.7 Å². The Morgan fingerprint density at radius 1 is 1.02 bits per heavy atom. The molecule has 2 fully saturated rings. The minimum atomic E-state index is -1.46. The lowest BCUT2D eigenvalue weighted by molar-refractivity contribution is -0.152. The normalized spacial score (nSPS) is 31.2. The maximum atomic E-state index is 15.0. The molecule has 2 N–H and O–H groups in total. The quantitative estimate of drug-likeness (QED) is 0.322. The summed E-state index contributed by atoms with van der Waals surface area (Å²) in [6.45, 7) is 3.75. The van der Waals surface area contributed by atoms with Gasteiger partial charge in [-0.15, -0.1) is 0 Å². The monoisotopic (exact) mass is 719 g/mol. The van der Waals surface area contributed by atoms with Crippen molar-refractivity contribution in [1.29, 1.82) is 0 Å². The van der Waals surface area contributed by atoms with Crippen LogP contribution in [0.3, 0.4) is 0 Å². The fourth-order valence-electron chi connectivity index (χ4n) is 7.75. The van der Waals surface area contributed by atoms with E-state index >= 15 is 4.79 Å². The third-order valence-electron chi connectivity index (χ3n) is 10.0. The molecule has 1 unspecified atom stereocenters. The predicted molar refractivity (Wildman–Crippen MR) is 181 cm³/mol. The van der Waals surface area contributed by atoms with E-state index in [1.54, 1.807) is 11.0 Å². The van der Waals surface area contributed by atoms with Gasteiger partial charge in [0.2, 0.25) is 17.7 Å². The molecule has 2 aromatic carbocycles. The van der Waals surface area contributed by atoms with Crippen molar-refractivity contribution in [2.75, 3.05) is 19.8 Å². The van der Waals surface area contributed by atoms with E-state index in [0.29, 0.717) is 16.5 Å². The topological polar surface area (TPSA) is 125 Å². The van der Waals surface area contributed by atoms with Crippen LogP contribution in [-0.2, 0) is 28.7 Å². The van der Waals surface area contributed by atoms with Crippen molar-refractivity contribution in [2.45, 2.75) is 75.4 Å². The van der Waals surface area contributed by atoms with Crippen molar-refractivity contribution in [3.63, 3.8) is 0 Å². The second kappa shape index (κ2) is 14.4. The van der Waals surface area contributed by atoms with Crippen molar-refractivity contribution in [2.24, 2.45) is 11.8 Å². The maximum absolute atomic E-state index is 15.0. The van der Waals surface area contributed by atoms with Crippen LogP contribution in [0.5, 0.6) is 0 Å². The number of likely N-dealkylation sites (tertiary alicyclic amines) is 1. The van der Waals surface area contributed by atoms with Crippen molar-refractivity contribution < 1.29 is 33.8 Å². The number of hydrogen-bond donors (Lipinski definition) is 2. The number of halogens is 1. The SMILES string of the molecule is CCCC(C)N1C/C=C\CCC(=O)OC[C@@H](c2ccccc2)NC(=O)[C@@H]2[C@H]3O[C@@]4(C=C3Br)[C@H](C1=O)N([C@H](CO)c1ccccc1)C(=O)[C@@H]24. The van der Waals surface area contributed by atoms with Crippen LogP contribution in [0.4, 0.5) is 0 Å². The number of carbonyl (C=O) groups excluding carboxylic acids is 4. The predicted octanol–water partition coefficient (Wildman–Crippen LogP) is 4.36. The van der Waals surface area contributed by atoms with E-state index in [1.165, 1.54) is 4.90 Å². The number of ether oxygens (including phenoxy) is 2. The molecule has 11 heteroatoms. The summed E-state index contributed by atoms with van der Waals surface area (Å²) in [7, 11) is 0. The van der Waals surface area contributed by atoms with Gasteiger partial charge >= 0.3 is 5.97 Å². The summed E-state index contributed by atoms with van der Waals surface area (Å²) >= 11 is 3.62. The van der Waals surface area contributed by atoms with E-state index in [0.717, 1.165) is 18.4 Å². The molecule has 2 saturated heterocycles. The summed E-state index contributed by atoms with van der Waals surface area (Å²) < 4.78 is 12.9. The summed E-state index contributed by atoms with van der Waals surface area (Å²) in [5, 5.41) is 13.9. The molecule has 48 heavy (non-hydrogen) atoms. The maximum Gasteiger partial charge on any atom is 0.306 e. The highest BCUT2D eigenvalue weighted by atomic mass is 79.9. The molecule has 4 aliphatic heterocycles. The van der Waals surface area contributed by atoms with Gasteiger partial charge in [0.15, 0.2) is 0 Å². The van der Waals surface area contributed by atoms with Crippen LogP contribution in [-0.4, -0.2) is 82.1 Å². The molecule has 10 nitrogen and oxygen atoms in total. The van der Waals surface area contributed by atoms with Gasteiger partial charge in [-0.2, -0.15) is 0 Å². The Morgan fingerprint density at radius 2 is 1.73 bits per heavy atom. The van der Waals surface area contributed by atoms with Crippen LogP contribution in [0.15, 0.2) is 83.4 Å². The average molecular weight is 721 g/mol. The molecule has 0 aromatic heterocycles. The molecular weight excluding hydrogens is 678 g/mol. The fraction of sp³-hybridized carbons (Fsp3) is 0.459. The number of benzene rings is 2. The average Bonchev–Trinajstić information content (AvgIpc) is 3.68. The van der Waals surface area contributed by atoms with Gasteiger partial charge < -0.3 is 29.7 Å². The fourth-order valence-corrected chi connectivity index (χ4v) is 8.48. The third-order valence-corrected chi connectivity index (χ3v) is 10.7. The Kier molecular flexibility index (Phi) is 10.2. The lowest BCUT2D eigenvalue weighted by Crippen LogP contribution is -2.58. The van der Waals surface area contributed by atoms with Crippen molar-refractivity contribution in [3.05, 3.63) is 94.5 Å². The Hall–Kier alpha value is -3.80. The first-order valence-electron chi connectivity index (χ1n) is 16.7. The van der Waals surface area contributed by atoms with E-state index in [2.05, 4.69) is 21.2 Å². The number of carbonyl (C=O) groups is 4. The second-order valence-electron chi connectivity index (χ2n) is 13.0. The molecule has 1 spiro atoms. The highest BCUT2D eigenvalue weighted by Crippen LogP contribution is 2.60. The van der Waals surface area contributed by atoms with Crippen LogP contribution in [0.2, 0.25) is 0 Å². The summed E-state index contributed by atoms with van der Waals surface area (Å²) in [5.41, 5.74) is -0.0529. The number of amides is 3. The standard InChI is InChI=1S/C37H42BrN3O7/c1-3-13-23(2)40-19-12-6-11-18-29(43)47-22-27(24-14-7-4-8-15-24)39-34(44)30-31-35(45)41(28(21-42)25-16-9-5-10-17-25)33(36(40)46)37(31)20-26(38)32(30)48-37/h4-10,12,14-17,20,23,27-28,30-33,42H,3,11,13,18-19,21-22H2,1-2H3,(H,39,44)/b12-6-/t23?,27-,28+,30-,31+,32-,33-,37+/m0/s1. The molecular formula is C37H42BrN3O7. The van der Waals surface area contributed by atoms with E-state index in [9.17, 15) is 19.5 Å². The zero-order valence-electron chi connectivity index (χ0n) is 27.2. The van der Waals surface area contributed by atoms with E-state index < -0.39 is 66.1 Å². The molecule has 3 amide bonds. The number of aliphatic hydroxyl groups is 1. The first kappa shape index (κ1) is 34.1. The van der Waals surface area contributed by atoms with Crippen LogP contribution < -0.4 is 5.32 Å². The van der Waals surface area contributed by atoms with E-state index in [-0.39, 0.29) is 31.5 Å². The zero-order chi connectivity index (χ0) is 34.0. The lowest BCUT2D eigenvalue weighted by atomic mass is 9.74. The summed E-state index contributed by atoms with van der Waals surface area (Å²) in [5.74, 6) is -3.64. The van der Waals surface area contributed by atoms with Gasteiger partial charge in [0, 0.05) is 23.5 Å². The number of nitrogens with zero attached hydrogens (tertiary/aromatic N) is 2. The van der Waals surface area contributed by atoms with Crippen LogP contribution in [0.25, 0.3) is 0 Å². The zero-order valence-corrected chi connectivity index (χ0v) is 28.8. The Bertz CT molecular complexity index is 1580. The minimum absolute atomic E-state index is 0.0898. The number of hydrogen-bond acceptors (Lipinski definition) is 7. The van der Waals surface area contributed by atoms with Crippen molar-refractivity contribution in [1.82, 2.24) is 15.1 Å². The minimum Gasteiger partial charge on any atom is -0.463 e. The van der Waals surface area contributed by atoms with Gasteiger partial charge in [-0.05, 0) is 37.0 Å². The molecule has 2 aromatic rings. The number of cyclic esters (lactones) is 1. The van der Waals surface area contributed by atoms with Crippen LogP contribution in [0, 0.1) is 11.8 Å².